The number of benzene rings is 1. The highest BCUT2D eigenvalue weighted by Crippen LogP contribution is 2.45. The molecule has 1 N–H and O–H groups in total. The molecule has 0 unspecified atom stereocenters. The number of ether oxygens (including phenoxy) is 2. The van der Waals surface area contributed by atoms with Crippen LogP contribution in [0.2, 0.25) is 0 Å². The first-order chi connectivity index (χ1) is 10.3. The van der Waals surface area contributed by atoms with Gasteiger partial charge in [0.2, 0.25) is 0 Å². The first-order valence-corrected chi connectivity index (χ1v) is 7.39. The van der Waals surface area contributed by atoms with Crippen molar-refractivity contribution >= 4 is 11.8 Å². The van der Waals surface area contributed by atoms with Crippen molar-refractivity contribution in [2.75, 3.05) is 12.4 Å². The summed E-state index contributed by atoms with van der Waals surface area (Å²) in [6, 6.07) is 7.87. The van der Waals surface area contributed by atoms with E-state index in [1.807, 2.05) is 12.1 Å². The zero-order chi connectivity index (χ0) is 16.4. The van der Waals surface area contributed by atoms with Crippen LogP contribution < -0.4 is 10.1 Å². The number of amides is 1. The smallest absolute Gasteiger partial charge is 0.412 e. The number of carbonyl (C=O) groups excluding carboxylic acids is 1. The Morgan fingerprint density at radius 2 is 2.05 bits per heavy atom. The van der Waals surface area contributed by atoms with Crippen molar-refractivity contribution in [2.24, 2.45) is 0 Å². The van der Waals surface area contributed by atoms with Crippen molar-refractivity contribution in [1.82, 2.24) is 0 Å². The van der Waals surface area contributed by atoms with E-state index in [4.69, 9.17) is 9.47 Å². The number of carbonyl (C=O) groups is 1. The SMILES string of the molecule is COc1cc(C2(C#N)CCC2)ccc1NC(=O)OC(C)(C)C. The Labute approximate surface area is 131 Å². The summed E-state index contributed by atoms with van der Waals surface area (Å²) in [5.41, 5.74) is 0.506. The summed E-state index contributed by atoms with van der Waals surface area (Å²) in [6.07, 6.45) is 2.27. The molecule has 1 aliphatic carbocycles. The van der Waals surface area contributed by atoms with Crippen molar-refractivity contribution in [3.05, 3.63) is 23.8 Å². The van der Waals surface area contributed by atoms with E-state index in [-0.39, 0.29) is 0 Å². The van der Waals surface area contributed by atoms with Crippen LogP contribution in [-0.2, 0) is 10.2 Å². The fourth-order valence-corrected chi connectivity index (χ4v) is 2.50. The second-order valence-corrected chi connectivity index (χ2v) is 6.59. The Hall–Kier alpha value is -2.22. The Bertz CT molecular complexity index is 607. The van der Waals surface area contributed by atoms with Gasteiger partial charge in [0, 0.05) is 0 Å². The Balaban J connectivity index is 2.20. The molecule has 0 aromatic heterocycles. The molecule has 0 radical (unpaired) electrons. The highest BCUT2D eigenvalue weighted by Gasteiger charge is 2.39. The monoisotopic (exact) mass is 302 g/mol. The Kier molecular flexibility index (Phi) is 4.32. The molecule has 5 nitrogen and oxygen atoms in total. The number of hydrogen-bond donors (Lipinski definition) is 1. The summed E-state index contributed by atoms with van der Waals surface area (Å²) >= 11 is 0. The van der Waals surface area contributed by atoms with Crippen molar-refractivity contribution in [1.29, 1.82) is 5.26 Å². The molecular weight excluding hydrogens is 280 g/mol. The summed E-state index contributed by atoms with van der Waals surface area (Å²) in [6.45, 7) is 5.42. The van der Waals surface area contributed by atoms with E-state index in [0.717, 1.165) is 24.8 Å². The average Bonchev–Trinajstić information content (AvgIpc) is 2.37. The summed E-state index contributed by atoms with van der Waals surface area (Å²) in [5, 5.41) is 12.1. The van der Waals surface area contributed by atoms with Gasteiger partial charge in [-0.1, -0.05) is 6.07 Å². The van der Waals surface area contributed by atoms with E-state index in [9.17, 15) is 10.1 Å². The lowest BCUT2D eigenvalue weighted by Crippen LogP contribution is -2.32. The predicted molar refractivity (Wildman–Crippen MR) is 84.0 cm³/mol. The second-order valence-electron chi connectivity index (χ2n) is 6.59. The van der Waals surface area contributed by atoms with E-state index >= 15 is 0 Å². The highest BCUT2D eigenvalue weighted by molar-refractivity contribution is 5.87. The Morgan fingerprint density at radius 1 is 1.36 bits per heavy atom. The summed E-state index contributed by atoms with van der Waals surface area (Å²) in [4.78, 5) is 11.9. The fourth-order valence-electron chi connectivity index (χ4n) is 2.50. The summed E-state index contributed by atoms with van der Waals surface area (Å²) in [5.74, 6) is 0.532. The van der Waals surface area contributed by atoms with E-state index in [2.05, 4.69) is 11.4 Å². The third kappa shape index (κ3) is 3.33. The molecule has 0 heterocycles. The molecule has 1 aromatic rings. The zero-order valence-electron chi connectivity index (χ0n) is 13.5. The van der Waals surface area contributed by atoms with E-state index in [1.165, 1.54) is 0 Å². The van der Waals surface area contributed by atoms with Crippen LogP contribution in [0.5, 0.6) is 5.75 Å². The first-order valence-electron chi connectivity index (χ1n) is 7.39. The highest BCUT2D eigenvalue weighted by atomic mass is 16.6. The predicted octanol–water partition coefficient (Wildman–Crippen LogP) is 3.99. The quantitative estimate of drug-likeness (QED) is 0.916. The number of methoxy groups -OCH3 is 1. The van der Waals surface area contributed by atoms with Crippen LogP contribution in [0.4, 0.5) is 10.5 Å². The standard InChI is InChI=1S/C17H22N2O3/c1-16(2,3)22-15(20)19-13-7-6-12(10-14(13)21-4)17(11-18)8-5-9-17/h6-7,10H,5,8-9H2,1-4H3,(H,19,20). The minimum Gasteiger partial charge on any atom is -0.495 e. The number of anilines is 1. The van der Waals surface area contributed by atoms with Crippen LogP contribution in [0.3, 0.4) is 0 Å². The maximum Gasteiger partial charge on any atom is 0.412 e. The van der Waals surface area contributed by atoms with Gasteiger partial charge in [0.15, 0.2) is 0 Å². The van der Waals surface area contributed by atoms with Crippen LogP contribution in [-0.4, -0.2) is 18.8 Å². The summed E-state index contributed by atoms with van der Waals surface area (Å²) in [7, 11) is 1.54. The fraction of sp³-hybridized carbons (Fsp3) is 0.529. The second kappa shape index (κ2) is 5.88. The van der Waals surface area contributed by atoms with E-state index < -0.39 is 17.1 Å². The van der Waals surface area contributed by atoms with Crippen molar-refractivity contribution in [2.45, 2.75) is 51.0 Å². The van der Waals surface area contributed by atoms with Gasteiger partial charge in [-0.25, -0.2) is 4.79 Å². The molecule has 118 valence electrons. The molecule has 0 bridgehead atoms. The van der Waals surface area contributed by atoms with Crippen molar-refractivity contribution < 1.29 is 14.3 Å². The molecule has 0 spiro atoms. The van der Waals surface area contributed by atoms with Gasteiger partial charge in [-0.3, -0.25) is 5.32 Å². The number of rotatable bonds is 3. The van der Waals surface area contributed by atoms with Crippen LogP contribution >= 0.6 is 0 Å². The van der Waals surface area contributed by atoms with Gasteiger partial charge in [-0.15, -0.1) is 0 Å². The molecule has 1 aromatic carbocycles. The van der Waals surface area contributed by atoms with Gasteiger partial charge in [0.05, 0.1) is 24.3 Å². The number of nitrogens with zero attached hydrogens (tertiary/aromatic N) is 1. The van der Waals surface area contributed by atoms with Crippen molar-refractivity contribution in [3.8, 4) is 11.8 Å². The van der Waals surface area contributed by atoms with E-state index in [1.54, 1.807) is 33.9 Å². The lowest BCUT2D eigenvalue weighted by Gasteiger charge is -2.35. The molecule has 0 atom stereocenters. The molecule has 1 amide bonds. The molecule has 1 saturated carbocycles. The molecule has 2 rings (SSSR count). The molecule has 1 fully saturated rings. The number of nitriles is 1. The molecule has 5 heteroatoms. The van der Waals surface area contributed by atoms with Gasteiger partial charge < -0.3 is 9.47 Å². The van der Waals surface area contributed by atoms with Gasteiger partial charge in [0.1, 0.15) is 11.4 Å². The lowest BCUT2D eigenvalue weighted by molar-refractivity contribution is 0.0635. The Morgan fingerprint density at radius 3 is 2.50 bits per heavy atom. The first kappa shape index (κ1) is 16.2. The van der Waals surface area contributed by atoms with Gasteiger partial charge in [-0.2, -0.15) is 5.26 Å². The number of hydrogen-bond acceptors (Lipinski definition) is 4. The van der Waals surface area contributed by atoms with Gasteiger partial charge in [0.25, 0.3) is 0 Å². The van der Waals surface area contributed by atoms with Crippen molar-refractivity contribution in [3.63, 3.8) is 0 Å². The maximum atomic E-state index is 11.9. The molecule has 0 aliphatic heterocycles. The summed E-state index contributed by atoms with van der Waals surface area (Å²) < 4.78 is 10.6. The normalized spacial score (nSPS) is 16.1. The van der Waals surface area contributed by atoms with Gasteiger partial charge in [-0.05, 0) is 57.7 Å². The maximum absolute atomic E-state index is 11.9. The average molecular weight is 302 g/mol. The zero-order valence-corrected chi connectivity index (χ0v) is 13.5. The van der Waals surface area contributed by atoms with Crippen LogP contribution in [0.25, 0.3) is 0 Å². The minimum absolute atomic E-state index is 0.405. The molecule has 0 saturated heterocycles. The third-order valence-electron chi connectivity index (χ3n) is 3.81. The molecule has 1 aliphatic rings. The van der Waals surface area contributed by atoms with Crippen LogP contribution in [0.1, 0.15) is 45.6 Å². The third-order valence-corrected chi connectivity index (χ3v) is 3.81. The van der Waals surface area contributed by atoms with Crippen LogP contribution in [0, 0.1) is 11.3 Å². The number of nitrogens with one attached hydrogen (secondary N) is 1. The topological polar surface area (TPSA) is 71.3 Å². The van der Waals surface area contributed by atoms with E-state index in [0.29, 0.717) is 11.4 Å². The van der Waals surface area contributed by atoms with Gasteiger partial charge >= 0.3 is 6.09 Å². The lowest BCUT2D eigenvalue weighted by atomic mass is 9.65. The molecular formula is C17H22N2O3. The minimum atomic E-state index is -0.561. The molecule has 22 heavy (non-hydrogen) atoms. The van der Waals surface area contributed by atoms with Crippen LogP contribution in [0.15, 0.2) is 18.2 Å². The largest absolute Gasteiger partial charge is 0.495 e.